The van der Waals surface area contributed by atoms with Crippen LogP contribution in [0.2, 0.25) is 0 Å². The zero-order chi connectivity index (χ0) is 13.1. The first kappa shape index (κ1) is 13.3. The minimum absolute atomic E-state index is 0.0192. The van der Waals surface area contributed by atoms with Gasteiger partial charge in [0.1, 0.15) is 5.69 Å². The topological polar surface area (TPSA) is 85.4 Å². The number of aromatic nitrogens is 1. The maximum atomic E-state index is 10.8. The van der Waals surface area contributed by atoms with Crippen LogP contribution in [0.25, 0.3) is 0 Å². The zero-order valence-electron chi connectivity index (χ0n) is 10.4. The highest BCUT2D eigenvalue weighted by atomic mass is 16.5. The van der Waals surface area contributed by atoms with Crippen LogP contribution in [0.3, 0.4) is 0 Å². The third kappa shape index (κ3) is 3.94. The molecular weight excluding hydrogens is 220 g/mol. The monoisotopic (exact) mass is 238 g/mol. The van der Waals surface area contributed by atoms with E-state index in [1.165, 1.54) is 12.3 Å². The first-order chi connectivity index (χ1) is 7.81. The third-order valence-corrected chi connectivity index (χ3v) is 2.27. The molecule has 1 heterocycles. The number of ether oxygens (including phenoxy) is 1. The molecule has 0 spiro atoms. The number of nitrogen functional groups attached to an aromatic ring is 1. The molecule has 0 unspecified atom stereocenters. The van der Waals surface area contributed by atoms with E-state index in [0.717, 1.165) is 6.42 Å². The van der Waals surface area contributed by atoms with E-state index in [9.17, 15) is 4.79 Å². The molecule has 3 N–H and O–H groups in total. The number of nitrogens with zero attached hydrogens (tertiary/aromatic N) is 1. The molecule has 1 aromatic rings. The number of carbonyl (C=O) groups is 1. The number of hydrogen-bond donors (Lipinski definition) is 2. The fraction of sp³-hybridized carbons (Fsp3) is 0.500. The number of carboxylic acid groups (broad SMARTS) is 1. The molecule has 94 valence electrons. The Morgan fingerprint density at radius 2 is 2.18 bits per heavy atom. The van der Waals surface area contributed by atoms with E-state index < -0.39 is 5.97 Å². The SMILES string of the molecule is CC(C)(C)CCOc1nccc(C(=O)O)c1N. The minimum Gasteiger partial charge on any atom is -0.478 e. The van der Waals surface area contributed by atoms with Gasteiger partial charge in [0, 0.05) is 6.20 Å². The lowest BCUT2D eigenvalue weighted by atomic mass is 9.93. The standard InChI is InChI=1S/C12H18N2O3/c1-12(2,3)5-7-17-10-9(13)8(11(15)16)4-6-14-10/h4,6H,5,7,13H2,1-3H3,(H,15,16). The summed E-state index contributed by atoms with van der Waals surface area (Å²) in [6, 6.07) is 1.36. The second-order valence-electron chi connectivity index (χ2n) is 5.04. The quantitative estimate of drug-likeness (QED) is 0.839. The molecule has 0 aliphatic carbocycles. The van der Waals surface area contributed by atoms with Crippen LogP contribution < -0.4 is 10.5 Å². The van der Waals surface area contributed by atoms with Crippen molar-refractivity contribution in [3.63, 3.8) is 0 Å². The van der Waals surface area contributed by atoms with Crippen LogP contribution in [0.5, 0.6) is 5.88 Å². The van der Waals surface area contributed by atoms with Crippen LogP contribution in [-0.2, 0) is 0 Å². The van der Waals surface area contributed by atoms with Crippen molar-refractivity contribution in [2.45, 2.75) is 27.2 Å². The maximum absolute atomic E-state index is 10.8. The number of carboxylic acids is 1. The molecule has 0 saturated heterocycles. The van der Waals surface area contributed by atoms with Gasteiger partial charge < -0.3 is 15.6 Å². The van der Waals surface area contributed by atoms with Crippen molar-refractivity contribution in [1.82, 2.24) is 4.98 Å². The van der Waals surface area contributed by atoms with Crippen molar-refractivity contribution >= 4 is 11.7 Å². The minimum atomic E-state index is -1.08. The van der Waals surface area contributed by atoms with E-state index in [1.54, 1.807) is 0 Å². The summed E-state index contributed by atoms with van der Waals surface area (Å²) in [5.41, 5.74) is 5.91. The predicted molar refractivity (Wildman–Crippen MR) is 65.2 cm³/mol. The van der Waals surface area contributed by atoms with Gasteiger partial charge in [-0.2, -0.15) is 0 Å². The van der Waals surface area contributed by atoms with Crippen molar-refractivity contribution in [3.8, 4) is 5.88 Å². The molecule has 0 aromatic carbocycles. The highest BCUT2D eigenvalue weighted by molar-refractivity contribution is 5.94. The van der Waals surface area contributed by atoms with Crippen LogP contribution in [0, 0.1) is 5.41 Å². The van der Waals surface area contributed by atoms with Gasteiger partial charge in [-0.1, -0.05) is 20.8 Å². The highest BCUT2D eigenvalue weighted by Gasteiger charge is 2.15. The molecule has 0 aliphatic heterocycles. The zero-order valence-corrected chi connectivity index (χ0v) is 10.4. The van der Waals surface area contributed by atoms with E-state index in [0.29, 0.717) is 6.61 Å². The molecule has 0 atom stereocenters. The van der Waals surface area contributed by atoms with Crippen molar-refractivity contribution in [2.24, 2.45) is 5.41 Å². The average molecular weight is 238 g/mol. The normalized spacial score (nSPS) is 11.2. The molecule has 5 heteroatoms. The average Bonchev–Trinajstić information content (AvgIpc) is 2.18. The largest absolute Gasteiger partial charge is 0.478 e. The van der Waals surface area contributed by atoms with Gasteiger partial charge >= 0.3 is 5.97 Å². The van der Waals surface area contributed by atoms with Crippen LogP contribution in [0.15, 0.2) is 12.3 Å². The van der Waals surface area contributed by atoms with E-state index >= 15 is 0 Å². The predicted octanol–water partition coefficient (Wildman–Crippen LogP) is 2.18. The summed E-state index contributed by atoms with van der Waals surface area (Å²) in [6.07, 6.45) is 2.22. The Kier molecular flexibility index (Phi) is 3.93. The third-order valence-electron chi connectivity index (χ3n) is 2.27. The van der Waals surface area contributed by atoms with E-state index in [4.69, 9.17) is 15.6 Å². The van der Waals surface area contributed by atoms with Gasteiger partial charge in [-0.3, -0.25) is 0 Å². The van der Waals surface area contributed by atoms with Crippen molar-refractivity contribution < 1.29 is 14.6 Å². The Morgan fingerprint density at radius 1 is 1.53 bits per heavy atom. The molecule has 0 bridgehead atoms. The Morgan fingerprint density at radius 3 is 2.71 bits per heavy atom. The van der Waals surface area contributed by atoms with Gasteiger partial charge in [-0.15, -0.1) is 0 Å². The van der Waals surface area contributed by atoms with Gasteiger partial charge in [-0.05, 0) is 17.9 Å². The van der Waals surface area contributed by atoms with E-state index in [-0.39, 0.29) is 22.5 Å². The molecular formula is C12H18N2O3. The smallest absolute Gasteiger partial charge is 0.338 e. The molecule has 0 radical (unpaired) electrons. The summed E-state index contributed by atoms with van der Waals surface area (Å²) in [6.45, 7) is 6.76. The van der Waals surface area contributed by atoms with Gasteiger partial charge in [0.15, 0.2) is 0 Å². The Hall–Kier alpha value is -1.78. The van der Waals surface area contributed by atoms with Crippen molar-refractivity contribution in [3.05, 3.63) is 17.8 Å². The Labute approximate surface area is 101 Å². The molecule has 1 rings (SSSR count). The number of pyridine rings is 1. The highest BCUT2D eigenvalue weighted by Crippen LogP contribution is 2.24. The Bertz CT molecular complexity index is 411. The van der Waals surface area contributed by atoms with Gasteiger partial charge in [-0.25, -0.2) is 9.78 Å². The van der Waals surface area contributed by atoms with Gasteiger partial charge in [0.05, 0.1) is 12.2 Å². The molecule has 17 heavy (non-hydrogen) atoms. The summed E-state index contributed by atoms with van der Waals surface area (Å²) in [7, 11) is 0. The van der Waals surface area contributed by atoms with Crippen molar-refractivity contribution in [1.29, 1.82) is 0 Å². The van der Waals surface area contributed by atoms with Crippen LogP contribution >= 0.6 is 0 Å². The first-order valence-electron chi connectivity index (χ1n) is 5.42. The lowest BCUT2D eigenvalue weighted by molar-refractivity contribution is 0.0697. The van der Waals surface area contributed by atoms with Crippen LogP contribution in [0.4, 0.5) is 5.69 Å². The van der Waals surface area contributed by atoms with E-state index in [1.807, 2.05) is 0 Å². The summed E-state index contributed by atoms with van der Waals surface area (Å²) in [5.74, 6) is -0.889. The first-order valence-corrected chi connectivity index (χ1v) is 5.42. The second-order valence-corrected chi connectivity index (χ2v) is 5.04. The number of rotatable bonds is 4. The molecule has 1 aromatic heterocycles. The lowest BCUT2D eigenvalue weighted by Gasteiger charge is -2.18. The summed E-state index contributed by atoms with van der Waals surface area (Å²) >= 11 is 0. The van der Waals surface area contributed by atoms with Crippen LogP contribution in [0.1, 0.15) is 37.6 Å². The summed E-state index contributed by atoms with van der Waals surface area (Å²) in [5, 5.41) is 8.88. The van der Waals surface area contributed by atoms with Gasteiger partial charge in [0.2, 0.25) is 5.88 Å². The lowest BCUT2D eigenvalue weighted by Crippen LogP contribution is -2.13. The number of nitrogens with two attached hydrogens (primary N) is 1. The van der Waals surface area contributed by atoms with Crippen LogP contribution in [-0.4, -0.2) is 22.7 Å². The Balaban J connectivity index is 2.72. The molecule has 0 amide bonds. The van der Waals surface area contributed by atoms with Crippen molar-refractivity contribution in [2.75, 3.05) is 12.3 Å². The molecule has 0 saturated carbocycles. The second kappa shape index (κ2) is 5.03. The number of hydrogen-bond acceptors (Lipinski definition) is 4. The van der Waals surface area contributed by atoms with Gasteiger partial charge in [0.25, 0.3) is 0 Å². The maximum Gasteiger partial charge on any atom is 0.338 e. The fourth-order valence-electron chi connectivity index (χ4n) is 1.21. The van der Waals surface area contributed by atoms with E-state index in [2.05, 4.69) is 25.8 Å². The fourth-order valence-corrected chi connectivity index (χ4v) is 1.21. The number of aromatic carboxylic acids is 1. The number of anilines is 1. The molecule has 0 aliphatic rings. The molecule has 5 nitrogen and oxygen atoms in total. The molecule has 0 fully saturated rings. The summed E-state index contributed by atoms with van der Waals surface area (Å²) in [4.78, 5) is 14.8. The summed E-state index contributed by atoms with van der Waals surface area (Å²) < 4.78 is 5.40.